The Hall–Kier alpha value is -1.52. The Balaban J connectivity index is 2.34. The molecule has 0 amide bonds. The molecular weight excluding hydrogens is 282 g/mol. The van der Waals surface area contributed by atoms with Gasteiger partial charge in [-0.25, -0.2) is 0 Å². The van der Waals surface area contributed by atoms with Gasteiger partial charge in [-0.05, 0) is 36.2 Å². The molecule has 0 heterocycles. The molecular formula is C14H12ClNO2S. The van der Waals surface area contributed by atoms with Crippen molar-refractivity contribution in [3.63, 3.8) is 0 Å². The first-order chi connectivity index (χ1) is 9.11. The van der Waals surface area contributed by atoms with Crippen molar-refractivity contribution in [2.24, 2.45) is 0 Å². The van der Waals surface area contributed by atoms with Gasteiger partial charge in [0.1, 0.15) is 0 Å². The number of hydrogen-bond donors (Lipinski definition) is 0. The second kappa shape index (κ2) is 6.08. The van der Waals surface area contributed by atoms with Gasteiger partial charge in [0.2, 0.25) is 0 Å². The van der Waals surface area contributed by atoms with Crippen LogP contribution in [0.1, 0.15) is 12.5 Å². The molecule has 0 fully saturated rings. The van der Waals surface area contributed by atoms with Crippen molar-refractivity contribution in [2.75, 3.05) is 0 Å². The summed E-state index contributed by atoms with van der Waals surface area (Å²) in [5.74, 6) is 0. The first-order valence-electron chi connectivity index (χ1n) is 5.81. The van der Waals surface area contributed by atoms with Gasteiger partial charge in [0.25, 0.3) is 5.69 Å². The van der Waals surface area contributed by atoms with Crippen molar-refractivity contribution < 1.29 is 4.92 Å². The van der Waals surface area contributed by atoms with Crippen molar-refractivity contribution in [2.45, 2.75) is 23.1 Å². The lowest BCUT2D eigenvalue weighted by Crippen LogP contribution is -1.90. The molecule has 0 saturated heterocycles. The molecule has 2 aromatic rings. The Morgan fingerprint density at radius 1 is 1.26 bits per heavy atom. The molecule has 0 atom stereocenters. The molecule has 3 nitrogen and oxygen atoms in total. The Morgan fingerprint density at radius 2 is 2.00 bits per heavy atom. The molecule has 0 radical (unpaired) electrons. The number of nitro groups is 1. The van der Waals surface area contributed by atoms with Crippen LogP contribution in [0.4, 0.5) is 5.69 Å². The fourth-order valence-corrected chi connectivity index (χ4v) is 2.94. The highest BCUT2D eigenvalue weighted by atomic mass is 35.5. The van der Waals surface area contributed by atoms with Gasteiger partial charge in [-0.3, -0.25) is 10.1 Å². The van der Waals surface area contributed by atoms with Crippen molar-refractivity contribution in [3.05, 3.63) is 63.2 Å². The van der Waals surface area contributed by atoms with Gasteiger partial charge in [0.15, 0.2) is 0 Å². The van der Waals surface area contributed by atoms with Gasteiger partial charge in [0.05, 0.1) is 9.82 Å². The van der Waals surface area contributed by atoms with Crippen molar-refractivity contribution >= 4 is 29.1 Å². The van der Waals surface area contributed by atoms with E-state index in [1.54, 1.807) is 18.2 Å². The van der Waals surface area contributed by atoms with E-state index in [1.165, 1.54) is 17.8 Å². The predicted molar refractivity (Wildman–Crippen MR) is 78.0 cm³/mol. The van der Waals surface area contributed by atoms with E-state index in [0.29, 0.717) is 4.90 Å². The van der Waals surface area contributed by atoms with Crippen LogP contribution in [0, 0.1) is 10.1 Å². The molecule has 19 heavy (non-hydrogen) atoms. The topological polar surface area (TPSA) is 43.1 Å². The zero-order valence-corrected chi connectivity index (χ0v) is 11.9. The molecule has 0 saturated carbocycles. The molecule has 2 aromatic carbocycles. The molecule has 0 aliphatic rings. The number of hydrogen-bond acceptors (Lipinski definition) is 3. The maximum absolute atomic E-state index is 11.0. The summed E-state index contributed by atoms with van der Waals surface area (Å²) in [4.78, 5) is 12.2. The Labute approximate surface area is 120 Å². The minimum absolute atomic E-state index is 0.125. The number of rotatable bonds is 4. The van der Waals surface area contributed by atoms with Crippen molar-refractivity contribution in [1.29, 1.82) is 0 Å². The fraction of sp³-hybridized carbons (Fsp3) is 0.143. The van der Waals surface area contributed by atoms with Gasteiger partial charge < -0.3 is 0 Å². The van der Waals surface area contributed by atoms with Crippen LogP contribution < -0.4 is 0 Å². The highest BCUT2D eigenvalue weighted by molar-refractivity contribution is 7.99. The average Bonchev–Trinajstić information content (AvgIpc) is 2.41. The smallest absolute Gasteiger partial charge is 0.258 e. The summed E-state index contributed by atoms with van der Waals surface area (Å²) in [6.45, 7) is 2.03. The molecule has 0 N–H and O–H groups in total. The summed E-state index contributed by atoms with van der Waals surface area (Å²) in [6.07, 6.45) is 0.837. The van der Waals surface area contributed by atoms with Crippen LogP contribution >= 0.6 is 23.4 Å². The number of halogens is 1. The van der Waals surface area contributed by atoms with E-state index in [9.17, 15) is 10.1 Å². The molecule has 5 heteroatoms. The first-order valence-corrected chi connectivity index (χ1v) is 7.01. The average molecular weight is 294 g/mol. The summed E-state index contributed by atoms with van der Waals surface area (Å²) in [7, 11) is 0. The van der Waals surface area contributed by atoms with E-state index in [0.717, 1.165) is 21.9 Å². The lowest BCUT2D eigenvalue weighted by molar-refractivity contribution is -0.387. The standard InChI is InChI=1S/C14H12ClNO2S/c1-2-10-9-11(7-8-12(10)15)19-14-6-4-3-5-13(14)16(17)18/h3-9H,2H2,1H3. The molecule has 0 aliphatic heterocycles. The Morgan fingerprint density at radius 3 is 2.68 bits per heavy atom. The van der Waals surface area contributed by atoms with E-state index in [2.05, 4.69) is 0 Å². The molecule has 0 aromatic heterocycles. The van der Waals surface area contributed by atoms with E-state index >= 15 is 0 Å². The van der Waals surface area contributed by atoms with E-state index in [4.69, 9.17) is 11.6 Å². The SMILES string of the molecule is CCc1cc(Sc2ccccc2[N+](=O)[O-])ccc1Cl. The molecule has 0 unspecified atom stereocenters. The third-order valence-corrected chi connectivity index (χ3v) is 4.11. The van der Waals surface area contributed by atoms with E-state index in [-0.39, 0.29) is 10.6 Å². The number of aryl methyl sites for hydroxylation is 1. The van der Waals surface area contributed by atoms with Crippen LogP contribution in [0.5, 0.6) is 0 Å². The molecule has 0 aliphatic carbocycles. The lowest BCUT2D eigenvalue weighted by Gasteiger charge is -2.06. The largest absolute Gasteiger partial charge is 0.283 e. The maximum atomic E-state index is 11.0. The second-order valence-corrected chi connectivity index (χ2v) is 5.46. The third kappa shape index (κ3) is 3.28. The van der Waals surface area contributed by atoms with Crippen molar-refractivity contribution in [3.8, 4) is 0 Å². The minimum atomic E-state index is -0.362. The predicted octanol–water partition coefficient (Wildman–Crippen LogP) is 4.96. The molecule has 0 bridgehead atoms. The summed E-state index contributed by atoms with van der Waals surface area (Å²) in [5, 5.41) is 11.7. The highest BCUT2D eigenvalue weighted by Gasteiger charge is 2.13. The summed E-state index contributed by atoms with van der Waals surface area (Å²) in [6, 6.07) is 12.4. The van der Waals surface area contributed by atoms with Crippen LogP contribution in [0.3, 0.4) is 0 Å². The third-order valence-electron chi connectivity index (χ3n) is 2.69. The first kappa shape index (κ1) is 13.9. The van der Waals surface area contributed by atoms with Crippen LogP contribution in [-0.2, 0) is 6.42 Å². The molecule has 0 spiro atoms. The van der Waals surface area contributed by atoms with Crippen LogP contribution in [0.25, 0.3) is 0 Å². The molecule has 98 valence electrons. The summed E-state index contributed by atoms with van der Waals surface area (Å²) in [5.41, 5.74) is 1.17. The van der Waals surface area contributed by atoms with Crippen LogP contribution in [0.15, 0.2) is 52.3 Å². The van der Waals surface area contributed by atoms with Gasteiger partial charge in [-0.15, -0.1) is 0 Å². The van der Waals surface area contributed by atoms with Gasteiger partial charge in [0, 0.05) is 16.0 Å². The van der Waals surface area contributed by atoms with E-state index in [1.807, 2.05) is 25.1 Å². The van der Waals surface area contributed by atoms with Crippen molar-refractivity contribution in [1.82, 2.24) is 0 Å². The molecule has 2 rings (SSSR count). The fourth-order valence-electron chi connectivity index (χ4n) is 1.71. The number of nitrogens with zero attached hydrogens (tertiary/aromatic N) is 1. The quantitative estimate of drug-likeness (QED) is 0.591. The number of benzene rings is 2. The van der Waals surface area contributed by atoms with Crippen LogP contribution in [0.2, 0.25) is 5.02 Å². The normalized spacial score (nSPS) is 10.4. The number of para-hydroxylation sites is 1. The zero-order chi connectivity index (χ0) is 13.8. The Bertz CT molecular complexity index is 616. The summed E-state index contributed by atoms with van der Waals surface area (Å²) < 4.78 is 0. The lowest BCUT2D eigenvalue weighted by atomic mass is 10.2. The van der Waals surface area contributed by atoms with Gasteiger partial charge in [-0.2, -0.15) is 0 Å². The monoisotopic (exact) mass is 293 g/mol. The zero-order valence-electron chi connectivity index (χ0n) is 10.3. The minimum Gasteiger partial charge on any atom is -0.258 e. The highest BCUT2D eigenvalue weighted by Crippen LogP contribution is 2.35. The van der Waals surface area contributed by atoms with Crippen LogP contribution in [-0.4, -0.2) is 4.92 Å². The second-order valence-electron chi connectivity index (χ2n) is 3.93. The maximum Gasteiger partial charge on any atom is 0.283 e. The van der Waals surface area contributed by atoms with Gasteiger partial charge >= 0.3 is 0 Å². The van der Waals surface area contributed by atoms with E-state index < -0.39 is 0 Å². The summed E-state index contributed by atoms with van der Waals surface area (Å²) >= 11 is 7.44. The van der Waals surface area contributed by atoms with Gasteiger partial charge in [-0.1, -0.05) is 42.4 Å². The Kier molecular flexibility index (Phi) is 4.45. The number of nitro benzene ring substituents is 1.